The van der Waals surface area contributed by atoms with Gasteiger partial charge in [0.15, 0.2) is 0 Å². The second kappa shape index (κ2) is 6.34. The van der Waals surface area contributed by atoms with Crippen molar-refractivity contribution in [3.05, 3.63) is 0 Å². The van der Waals surface area contributed by atoms with E-state index in [0.29, 0.717) is 32.4 Å². The lowest BCUT2D eigenvalue weighted by molar-refractivity contribution is -0.157. The Bertz CT molecular complexity index is 394. The number of hydrogen-bond donors (Lipinski definition) is 2. The van der Waals surface area contributed by atoms with Crippen molar-refractivity contribution in [3.63, 3.8) is 0 Å². The molecule has 1 amide bonds. The molecule has 2 rings (SSSR count). The van der Waals surface area contributed by atoms with Crippen LogP contribution in [0.25, 0.3) is 0 Å². The molecule has 2 heterocycles. The van der Waals surface area contributed by atoms with E-state index in [-0.39, 0.29) is 11.3 Å². The Kier molecular flexibility index (Phi) is 4.91. The molecule has 5 heteroatoms. The number of carboxylic acids is 1. The molecule has 2 N–H and O–H groups in total. The topological polar surface area (TPSA) is 69.6 Å². The summed E-state index contributed by atoms with van der Waals surface area (Å²) >= 11 is 0. The minimum absolute atomic E-state index is 0.199. The normalized spacial score (nSPS) is 29.1. The summed E-state index contributed by atoms with van der Waals surface area (Å²) in [4.78, 5) is 26.2. The number of likely N-dealkylation sites (tertiary alicyclic amines) is 1. The molecule has 2 aliphatic rings. The van der Waals surface area contributed by atoms with Crippen molar-refractivity contribution in [1.29, 1.82) is 0 Å². The molecule has 120 valence electrons. The highest BCUT2D eigenvalue weighted by molar-refractivity contribution is 5.83. The Hall–Kier alpha value is -1.10. The van der Waals surface area contributed by atoms with E-state index in [2.05, 4.69) is 5.32 Å². The van der Waals surface area contributed by atoms with Crippen LogP contribution in [-0.4, -0.2) is 48.1 Å². The number of nitrogens with one attached hydrogen (secondary N) is 1. The third-order valence-electron chi connectivity index (χ3n) is 5.30. The van der Waals surface area contributed by atoms with Crippen LogP contribution < -0.4 is 5.32 Å². The molecule has 0 spiro atoms. The Morgan fingerprint density at radius 3 is 2.38 bits per heavy atom. The van der Waals surface area contributed by atoms with Crippen LogP contribution >= 0.6 is 0 Å². The summed E-state index contributed by atoms with van der Waals surface area (Å²) in [5.41, 5.74) is -0.927. The van der Waals surface area contributed by atoms with Gasteiger partial charge in [-0.05, 0) is 45.6 Å². The van der Waals surface area contributed by atoms with Gasteiger partial charge < -0.3 is 15.3 Å². The Morgan fingerprint density at radius 1 is 1.24 bits per heavy atom. The second-order valence-corrected chi connectivity index (χ2v) is 6.97. The predicted molar refractivity (Wildman–Crippen MR) is 81.0 cm³/mol. The van der Waals surface area contributed by atoms with Crippen LogP contribution in [-0.2, 0) is 9.59 Å². The highest BCUT2D eigenvalue weighted by Crippen LogP contribution is 2.38. The van der Waals surface area contributed by atoms with Gasteiger partial charge in [0.05, 0.1) is 10.8 Å². The minimum atomic E-state index is -0.693. The summed E-state index contributed by atoms with van der Waals surface area (Å²) in [5, 5.41) is 12.8. The van der Waals surface area contributed by atoms with Gasteiger partial charge in [0.2, 0.25) is 5.91 Å². The van der Waals surface area contributed by atoms with Gasteiger partial charge in [-0.25, -0.2) is 0 Å². The lowest BCUT2D eigenvalue weighted by Crippen LogP contribution is -2.54. The third kappa shape index (κ3) is 3.23. The van der Waals surface area contributed by atoms with Gasteiger partial charge in [-0.1, -0.05) is 13.3 Å². The van der Waals surface area contributed by atoms with E-state index in [0.717, 1.165) is 32.4 Å². The number of nitrogens with zero attached hydrogens (tertiary/aromatic N) is 1. The summed E-state index contributed by atoms with van der Waals surface area (Å²) in [6.07, 6.45) is 4.72. The van der Waals surface area contributed by atoms with Crippen molar-refractivity contribution >= 4 is 11.9 Å². The smallest absolute Gasteiger partial charge is 0.309 e. The van der Waals surface area contributed by atoms with Gasteiger partial charge in [0, 0.05) is 19.6 Å². The summed E-state index contributed by atoms with van der Waals surface area (Å²) in [6, 6.07) is 0. The zero-order valence-corrected chi connectivity index (χ0v) is 13.3. The quantitative estimate of drug-likeness (QED) is 0.831. The average molecular weight is 296 g/mol. The zero-order chi connectivity index (χ0) is 15.5. The summed E-state index contributed by atoms with van der Waals surface area (Å²) in [5.74, 6) is -0.493. The fraction of sp³-hybridized carbons (Fsp3) is 0.875. The van der Waals surface area contributed by atoms with Crippen molar-refractivity contribution in [2.24, 2.45) is 10.8 Å². The molecule has 2 aliphatic heterocycles. The van der Waals surface area contributed by atoms with Crippen molar-refractivity contribution in [3.8, 4) is 0 Å². The number of carbonyl (C=O) groups excluding carboxylic acids is 1. The standard InChI is InChI=1S/C16H28N2O3/c1-3-5-16(14(20)21)7-10-18(11-8-16)13(19)15(2)6-4-9-17-12-15/h17H,3-12H2,1-2H3,(H,20,21). The SMILES string of the molecule is CCCC1(C(=O)O)CCN(C(=O)C2(C)CCCNC2)CC1. The van der Waals surface area contributed by atoms with Gasteiger partial charge >= 0.3 is 5.97 Å². The number of aliphatic carboxylic acids is 1. The van der Waals surface area contributed by atoms with Gasteiger partial charge in [0.25, 0.3) is 0 Å². The Labute approximate surface area is 127 Å². The largest absolute Gasteiger partial charge is 0.481 e. The molecule has 0 saturated carbocycles. The first-order valence-electron chi connectivity index (χ1n) is 8.17. The third-order valence-corrected chi connectivity index (χ3v) is 5.30. The Balaban J connectivity index is 1.99. The summed E-state index contributed by atoms with van der Waals surface area (Å²) < 4.78 is 0. The molecule has 0 aliphatic carbocycles. The maximum absolute atomic E-state index is 12.8. The molecule has 0 bridgehead atoms. The first-order chi connectivity index (χ1) is 9.93. The van der Waals surface area contributed by atoms with Crippen molar-refractivity contribution in [2.45, 2.75) is 52.4 Å². The zero-order valence-electron chi connectivity index (χ0n) is 13.3. The first kappa shape index (κ1) is 16.3. The van der Waals surface area contributed by atoms with Crippen LogP contribution in [0, 0.1) is 10.8 Å². The van der Waals surface area contributed by atoms with Crippen LogP contribution in [0.15, 0.2) is 0 Å². The molecule has 2 saturated heterocycles. The lowest BCUT2D eigenvalue weighted by Gasteiger charge is -2.43. The number of carbonyl (C=O) groups is 2. The van der Waals surface area contributed by atoms with E-state index >= 15 is 0 Å². The first-order valence-corrected chi connectivity index (χ1v) is 8.17. The fourth-order valence-corrected chi connectivity index (χ4v) is 3.81. The highest BCUT2D eigenvalue weighted by Gasteiger charge is 2.44. The molecule has 0 radical (unpaired) electrons. The van der Waals surface area contributed by atoms with Crippen LogP contribution in [0.4, 0.5) is 0 Å². The van der Waals surface area contributed by atoms with Gasteiger partial charge in [-0.2, -0.15) is 0 Å². The van der Waals surface area contributed by atoms with Gasteiger partial charge in [-0.15, -0.1) is 0 Å². The van der Waals surface area contributed by atoms with Crippen LogP contribution in [0.2, 0.25) is 0 Å². The van der Waals surface area contributed by atoms with Gasteiger partial charge in [-0.3, -0.25) is 9.59 Å². The van der Waals surface area contributed by atoms with Crippen LogP contribution in [0.5, 0.6) is 0 Å². The van der Waals surface area contributed by atoms with E-state index in [9.17, 15) is 14.7 Å². The molecule has 2 fully saturated rings. The summed E-state index contributed by atoms with van der Waals surface area (Å²) in [7, 11) is 0. The van der Waals surface area contributed by atoms with E-state index in [1.165, 1.54) is 0 Å². The maximum atomic E-state index is 12.8. The molecule has 0 aromatic heterocycles. The van der Waals surface area contributed by atoms with Gasteiger partial charge in [0.1, 0.15) is 0 Å². The van der Waals surface area contributed by atoms with Crippen LogP contribution in [0.1, 0.15) is 52.4 Å². The Morgan fingerprint density at radius 2 is 1.90 bits per heavy atom. The minimum Gasteiger partial charge on any atom is -0.481 e. The van der Waals surface area contributed by atoms with Crippen molar-refractivity contribution < 1.29 is 14.7 Å². The molecular weight excluding hydrogens is 268 g/mol. The number of carboxylic acid groups (broad SMARTS) is 1. The lowest BCUT2D eigenvalue weighted by atomic mass is 9.74. The molecule has 0 aromatic carbocycles. The monoisotopic (exact) mass is 296 g/mol. The van der Waals surface area contributed by atoms with E-state index in [1.807, 2.05) is 18.7 Å². The second-order valence-electron chi connectivity index (χ2n) is 6.97. The maximum Gasteiger partial charge on any atom is 0.309 e. The molecular formula is C16H28N2O3. The van der Waals surface area contributed by atoms with E-state index < -0.39 is 11.4 Å². The van der Waals surface area contributed by atoms with Crippen molar-refractivity contribution in [1.82, 2.24) is 10.2 Å². The number of hydrogen-bond acceptors (Lipinski definition) is 3. The molecule has 0 aromatic rings. The average Bonchev–Trinajstić information content (AvgIpc) is 2.48. The highest BCUT2D eigenvalue weighted by atomic mass is 16.4. The molecule has 1 atom stereocenters. The van der Waals surface area contributed by atoms with Crippen LogP contribution in [0.3, 0.4) is 0 Å². The van der Waals surface area contributed by atoms with Crippen molar-refractivity contribution in [2.75, 3.05) is 26.2 Å². The number of piperidine rings is 2. The number of amides is 1. The number of rotatable bonds is 4. The summed E-state index contributed by atoms with van der Waals surface area (Å²) in [6.45, 7) is 6.95. The molecule has 5 nitrogen and oxygen atoms in total. The van der Waals surface area contributed by atoms with E-state index in [4.69, 9.17) is 0 Å². The molecule has 1 unspecified atom stereocenters. The fourth-order valence-electron chi connectivity index (χ4n) is 3.81. The van der Waals surface area contributed by atoms with E-state index in [1.54, 1.807) is 0 Å². The predicted octanol–water partition coefficient (Wildman–Crippen LogP) is 1.87. The molecule has 21 heavy (non-hydrogen) atoms.